The lowest BCUT2D eigenvalue weighted by Gasteiger charge is -2.31. The minimum Gasteiger partial charge on any atom is -0.379 e. The second-order valence-corrected chi connectivity index (χ2v) is 9.73. The number of thiophene rings is 1. The van der Waals surface area contributed by atoms with E-state index in [1.54, 1.807) is 0 Å². The molecule has 0 aliphatic carbocycles. The predicted molar refractivity (Wildman–Crippen MR) is 121 cm³/mol. The number of aryl methyl sites for hydroxylation is 1. The normalized spacial score (nSPS) is 16.1. The number of amides is 2. The van der Waals surface area contributed by atoms with Crippen molar-refractivity contribution >= 4 is 28.2 Å². The average molecular weight is 430 g/mol. The van der Waals surface area contributed by atoms with Crippen molar-refractivity contribution < 1.29 is 14.3 Å². The quantitative estimate of drug-likeness (QED) is 0.732. The summed E-state index contributed by atoms with van der Waals surface area (Å²) in [5.74, 6) is -0.180. The number of nitrogens with zero attached hydrogens (tertiary/aromatic N) is 1. The Balaban J connectivity index is 1.74. The molecule has 0 radical (unpaired) electrons. The zero-order valence-corrected chi connectivity index (χ0v) is 19.0. The maximum Gasteiger partial charge on any atom is 0.262 e. The molecule has 1 aromatic carbocycles. The zero-order chi connectivity index (χ0) is 21.7. The van der Waals surface area contributed by atoms with Gasteiger partial charge in [0, 0.05) is 25.0 Å². The lowest BCUT2D eigenvalue weighted by Crippen LogP contribution is -2.43. The number of carbonyl (C=O) groups is 2. The van der Waals surface area contributed by atoms with Crippen LogP contribution >= 0.6 is 11.3 Å². The lowest BCUT2D eigenvalue weighted by molar-refractivity contribution is -0.123. The van der Waals surface area contributed by atoms with Crippen molar-refractivity contribution in [3.8, 4) is 0 Å². The van der Waals surface area contributed by atoms with Gasteiger partial charge >= 0.3 is 0 Å². The molecule has 1 fully saturated rings. The number of ether oxygens (including phenoxy) is 1. The number of nitrogens with one attached hydrogen (secondary N) is 2. The van der Waals surface area contributed by atoms with E-state index in [1.165, 1.54) is 11.3 Å². The first kappa shape index (κ1) is 22.5. The SMILES string of the molecule is Cc1cc(NC(=O)C(C)(C)C)sc1C(=O)N[C@@H](CN1CCOCC1)c1ccccc1. The number of rotatable bonds is 6. The minimum absolute atomic E-state index is 0.0646. The van der Waals surface area contributed by atoms with Gasteiger partial charge in [0.2, 0.25) is 5.91 Å². The Bertz CT molecular complexity index is 868. The Hall–Kier alpha value is -2.22. The van der Waals surface area contributed by atoms with Crippen LogP contribution in [0.5, 0.6) is 0 Å². The van der Waals surface area contributed by atoms with Crippen LogP contribution in [-0.4, -0.2) is 49.6 Å². The van der Waals surface area contributed by atoms with Gasteiger partial charge in [-0.1, -0.05) is 51.1 Å². The van der Waals surface area contributed by atoms with Gasteiger partial charge in [0.1, 0.15) is 0 Å². The van der Waals surface area contributed by atoms with E-state index >= 15 is 0 Å². The topological polar surface area (TPSA) is 70.7 Å². The van der Waals surface area contributed by atoms with E-state index in [0.29, 0.717) is 9.88 Å². The highest BCUT2D eigenvalue weighted by Crippen LogP contribution is 2.29. The highest BCUT2D eigenvalue weighted by atomic mass is 32.1. The minimum atomic E-state index is -0.489. The number of benzene rings is 1. The molecule has 0 spiro atoms. The molecule has 1 saturated heterocycles. The summed E-state index contributed by atoms with van der Waals surface area (Å²) in [4.78, 5) is 28.4. The smallest absolute Gasteiger partial charge is 0.262 e. The molecule has 6 nitrogen and oxygen atoms in total. The Morgan fingerprint density at radius 1 is 1.17 bits per heavy atom. The summed E-state index contributed by atoms with van der Waals surface area (Å²) in [5.41, 5.74) is 1.45. The first-order valence-corrected chi connectivity index (χ1v) is 11.1. The van der Waals surface area contributed by atoms with Crippen LogP contribution < -0.4 is 10.6 Å². The van der Waals surface area contributed by atoms with E-state index in [9.17, 15) is 9.59 Å². The highest BCUT2D eigenvalue weighted by molar-refractivity contribution is 7.18. The standard InChI is InChI=1S/C23H31N3O3S/c1-16-14-19(25-22(28)23(2,3)4)30-20(16)21(27)24-18(17-8-6-5-7-9-17)15-26-10-12-29-13-11-26/h5-9,14,18H,10-13,15H2,1-4H3,(H,24,27)(H,25,28)/t18-/m0/s1. The molecule has 2 N–H and O–H groups in total. The molecule has 0 bridgehead atoms. The molecule has 7 heteroatoms. The van der Waals surface area contributed by atoms with Gasteiger partial charge in [0.25, 0.3) is 5.91 Å². The van der Waals surface area contributed by atoms with Gasteiger partial charge in [0.15, 0.2) is 0 Å². The molecule has 2 amide bonds. The van der Waals surface area contributed by atoms with Crippen LogP contribution in [0.2, 0.25) is 0 Å². The molecule has 3 rings (SSSR count). The van der Waals surface area contributed by atoms with Gasteiger partial charge in [-0.3, -0.25) is 14.5 Å². The summed E-state index contributed by atoms with van der Waals surface area (Å²) in [5, 5.41) is 6.83. The number of carbonyl (C=O) groups excluding carboxylic acids is 2. The van der Waals surface area contributed by atoms with Crippen LogP contribution in [0.4, 0.5) is 5.00 Å². The van der Waals surface area contributed by atoms with E-state index < -0.39 is 5.41 Å². The van der Waals surface area contributed by atoms with Crippen molar-refractivity contribution in [2.75, 3.05) is 38.2 Å². The van der Waals surface area contributed by atoms with Crippen LogP contribution in [-0.2, 0) is 9.53 Å². The molecule has 1 aliphatic heterocycles. The largest absolute Gasteiger partial charge is 0.379 e. The lowest BCUT2D eigenvalue weighted by atomic mass is 9.96. The summed E-state index contributed by atoms with van der Waals surface area (Å²) < 4.78 is 5.45. The van der Waals surface area contributed by atoms with Crippen molar-refractivity contribution in [1.82, 2.24) is 10.2 Å². The van der Waals surface area contributed by atoms with Gasteiger partial charge < -0.3 is 15.4 Å². The van der Waals surface area contributed by atoms with Crippen molar-refractivity contribution in [1.29, 1.82) is 0 Å². The van der Waals surface area contributed by atoms with Crippen LogP contribution in [0.1, 0.15) is 47.6 Å². The third-order valence-corrected chi connectivity index (χ3v) is 6.24. The van der Waals surface area contributed by atoms with E-state index in [1.807, 2.05) is 64.1 Å². The Labute approximate surface area is 182 Å². The summed E-state index contributed by atoms with van der Waals surface area (Å²) in [6.07, 6.45) is 0. The third-order valence-electron chi connectivity index (χ3n) is 5.09. The molecule has 0 unspecified atom stereocenters. The maximum absolute atomic E-state index is 13.1. The Morgan fingerprint density at radius 3 is 2.47 bits per heavy atom. The van der Waals surface area contributed by atoms with E-state index in [4.69, 9.17) is 4.74 Å². The molecule has 1 aromatic heterocycles. The van der Waals surface area contributed by atoms with Gasteiger partial charge in [0.05, 0.1) is 29.1 Å². The number of morpholine rings is 1. The third kappa shape index (κ3) is 5.90. The molecule has 1 aliphatic rings. The monoisotopic (exact) mass is 429 g/mol. The molecule has 0 saturated carbocycles. The number of hydrogen-bond donors (Lipinski definition) is 2. The molecular formula is C23H31N3O3S. The van der Waals surface area contributed by atoms with Gasteiger partial charge in [-0.15, -0.1) is 11.3 Å². The summed E-state index contributed by atoms with van der Waals surface area (Å²) in [7, 11) is 0. The first-order chi connectivity index (χ1) is 14.2. The van der Waals surface area contributed by atoms with Gasteiger partial charge in [-0.2, -0.15) is 0 Å². The van der Waals surface area contributed by atoms with Crippen LogP contribution in [0.25, 0.3) is 0 Å². The van der Waals surface area contributed by atoms with Crippen molar-refractivity contribution in [2.24, 2.45) is 5.41 Å². The van der Waals surface area contributed by atoms with E-state index in [2.05, 4.69) is 15.5 Å². The van der Waals surface area contributed by atoms with Crippen molar-refractivity contribution in [3.05, 3.63) is 52.4 Å². The highest BCUT2D eigenvalue weighted by Gasteiger charge is 2.25. The molecule has 162 valence electrons. The van der Waals surface area contributed by atoms with Crippen LogP contribution in [0.3, 0.4) is 0 Å². The molecule has 2 aromatic rings. The zero-order valence-electron chi connectivity index (χ0n) is 18.2. The first-order valence-electron chi connectivity index (χ1n) is 10.3. The fourth-order valence-electron chi connectivity index (χ4n) is 3.25. The summed E-state index contributed by atoms with van der Waals surface area (Å²) in [6, 6.07) is 11.8. The average Bonchev–Trinajstić information content (AvgIpc) is 3.08. The van der Waals surface area contributed by atoms with Crippen LogP contribution in [0.15, 0.2) is 36.4 Å². The van der Waals surface area contributed by atoms with E-state index in [-0.39, 0.29) is 17.9 Å². The van der Waals surface area contributed by atoms with Crippen molar-refractivity contribution in [2.45, 2.75) is 33.7 Å². The van der Waals surface area contributed by atoms with Gasteiger partial charge in [-0.25, -0.2) is 0 Å². The number of hydrogen-bond acceptors (Lipinski definition) is 5. The summed E-state index contributed by atoms with van der Waals surface area (Å²) in [6.45, 7) is 11.4. The fourth-order valence-corrected chi connectivity index (χ4v) is 4.22. The second kappa shape index (κ2) is 9.73. The number of anilines is 1. The van der Waals surface area contributed by atoms with Crippen molar-refractivity contribution in [3.63, 3.8) is 0 Å². The van der Waals surface area contributed by atoms with E-state index in [0.717, 1.165) is 44.0 Å². The maximum atomic E-state index is 13.1. The van der Waals surface area contributed by atoms with Crippen LogP contribution in [0, 0.1) is 12.3 Å². The Kier molecular flexibility index (Phi) is 7.28. The fraction of sp³-hybridized carbons (Fsp3) is 0.478. The molecule has 30 heavy (non-hydrogen) atoms. The Morgan fingerprint density at radius 2 is 1.83 bits per heavy atom. The second-order valence-electron chi connectivity index (χ2n) is 8.68. The van der Waals surface area contributed by atoms with Gasteiger partial charge in [-0.05, 0) is 24.1 Å². The predicted octanol–water partition coefficient (Wildman–Crippen LogP) is 3.84. The molecular weight excluding hydrogens is 398 g/mol. The molecule has 1 atom stereocenters. The molecule has 2 heterocycles. The summed E-state index contributed by atoms with van der Waals surface area (Å²) >= 11 is 1.32.